The summed E-state index contributed by atoms with van der Waals surface area (Å²) in [5.41, 5.74) is 3.64. The number of methoxy groups -OCH3 is 2. The van der Waals surface area contributed by atoms with E-state index in [9.17, 15) is 18.0 Å². The van der Waals surface area contributed by atoms with E-state index in [2.05, 4.69) is 21.2 Å². The fourth-order valence-corrected chi connectivity index (χ4v) is 7.48. The van der Waals surface area contributed by atoms with Crippen LogP contribution in [0.3, 0.4) is 0 Å². The van der Waals surface area contributed by atoms with Gasteiger partial charge in [-0.05, 0) is 78.9 Å². The van der Waals surface area contributed by atoms with E-state index in [1.807, 2.05) is 81.4 Å². The van der Waals surface area contributed by atoms with E-state index in [4.69, 9.17) is 9.47 Å². The maximum absolute atomic E-state index is 14.7. The molecule has 0 aliphatic carbocycles. The van der Waals surface area contributed by atoms with Gasteiger partial charge in [-0.2, -0.15) is 0 Å². The van der Waals surface area contributed by atoms with Gasteiger partial charge in [-0.3, -0.25) is 13.9 Å². The molecule has 1 N–H and O–H groups in total. The highest BCUT2D eigenvalue weighted by molar-refractivity contribution is 9.10. The molecule has 0 aliphatic heterocycles. The number of hydrogen-bond acceptors (Lipinski definition) is 6. The third kappa shape index (κ3) is 9.86. The summed E-state index contributed by atoms with van der Waals surface area (Å²) in [4.78, 5) is 30.1. The minimum atomic E-state index is -4.33. The molecule has 1 atom stereocenters. The molecule has 4 rings (SSSR count). The predicted molar refractivity (Wildman–Crippen MR) is 197 cm³/mol. The molecule has 2 amide bonds. The summed E-state index contributed by atoms with van der Waals surface area (Å²) in [6, 6.07) is 25.8. The van der Waals surface area contributed by atoms with E-state index in [0.717, 1.165) is 43.9 Å². The first-order valence-corrected chi connectivity index (χ1v) is 18.4. The van der Waals surface area contributed by atoms with E-state index in [1.165, 1.54) is 37.3 Å². The molecule has 0 radical (unpaired) electrons. The number of amides is 2. The van der Waals surface area contributed by atoms with Gasteiger partial charge >= 0.3 is 0 Å². The van der Waals surface area contributed by atoms with E-state index in [1.54, 1.807) is 12.1 Å². The number of aryl methyl sites for hydroxylation is 2. The van der Waals surface area contributed by atoms with Gasteiger partial charge in [0.05, 0.1) is 24.8 Å². The minimum absolute atomic E-state index is 0.0752. The quantitative estimate of drug-likeness (QED) is 0.126. The van der Waals surface area contributed by atoms with Crippen molar-refractivity contribution in [2.24, 2.45) is 0 Å². The zero-order valence-corrected chi connectivity index (χ0v) is 31.0. The summed E-state index contributed by atoms with van der Waals surface area (Å²) in [6.07, 6.45) is 1.92. The lowest BCUT2D eigenvalue weighted by Crippen LogP contribution is -2.53. The SMILES string of the molecule is CCCCNC(=O)C(Cc1ccccc1)N(Cc1cccc(Br)c1)C(=O)CN(c1cc(C)cc(C)c1)S(=O)(=O)c1ccc(OC)c(OC)c1. The van der Waals surface area contributed by atoms with E-state index in [0.29, 0.717) is 18.0 Å². The van der Waals surface area contributed by atoms with Crippen LogP contribution in [0.5, 0.6) is 11.5 Å². The van der Waals surface area contributed by atoms with Crippen LogP contribution in [-0.4, -0.2) is 58.5 Å². The highest BCUT2D eigenvalue weighted by atomic mass is 79.9. The first kappa shape index (κ1) is 37.5. The Labute approximate surface area is 298 Å². The number of hydrogen-bond donors (Lipinski definition) is 1. The van der Waals surface area contributed by atoms with Crippen molar-refractivity contribution >= 4 is 43.5 Å². The zero-order valence-electron chi connectivity index (χ0n) is 28.6. The number of nitrogens with zero attached hydrogens (tertiary/aromatic N) is 2. The van der Waals surface area contributed by atoms with Gasteiger partial charge in [-0.25, -0.2) is 8.42 Å². The topological polar surface area (TPSA) is 105 Å². The van der Waals surface area contributed by atoms with E-state index < -0.39 is 28.5 Å². The van der Waals surface area contributed by atoms with Crippen LogP contribution in [0.1, 0.15) is 42.0 Å². The van der Waals surface area contributed by atoms with Crippen molar-refractivity contribution in [1.82, 2.24) is 10.2 Å². The van der Waals surface area contributed by atoms with Crippen LogP contribution < -0.4 is 19.1 Å². The summed E-state index contributed by atoms with van der Waals surface area (Å²) >= 11 is 3.52. The number of halogens is 1. The van der Waals surface area contributed by atoms with Crippen molar-refractivity contribution in [2.45, 2.75) is 57.5 Å². The standard InChI is InChI=1S/C38H44BrN3O6S/c1-6-7-18-40-38(44)34(23-29-12-9-8-10-13-29)41(25-30-14-11-15-31(39)22-30)37(43)26-42(32-20-27(2)19-28(3)21-32)49(45,46)33-16-17-35(47-4)36(24-33)48-5/h8-17,19-22,24,34H,6-7,18,23,25-26H2,1-5H3,(H,40,44). The average Bonchev–Trinajstić information content (AvgIpc) is 3.08. The molecular formula is C38H44BrN3O6S. The molecule has 4 aromatic carbocycles. The molecule has 0 fully saturated rings. The molecule has 0 bridgehead atoms. The van der Waals surface area contributed by atoms with Crippen molar-refractivity contribution in [2.75, 3.05) is 31.6 Å². The molecule has 4 aromatic rings. The predicted octanol–water partition coefficient (Wildman–Crippen LogP) is 6.83. The fraction of sp³-hybridized carbons (Fsp3) is 0.316. The number of unbranched alkanes of at least 4 members (excludes halogenated alkanes) is 1. The van der Waals surface area contributed by atoms with Gasteiger partial charge in [0, 0.05) is 30.0 Å². The maximum Gasteiger partial charge on any atom is 0.264 e. The molecule has 11 heteroatoms. The third-order valence-electron chi connectivity index (χ3n) is 8.06. The summed E-state index contributed by atoms with van der Waals surface area (Å²) in [5, 5.41) is 3.02. The highest BCUT2D eigenvalue weighted by Crippen LogP contribution is 2.33. The van der Waals surface area contributed by atoms with Gasteiger partial charge in [0.1, 0.15) is 12.6 Å². The Bertz CT molecular complexity index is 1830. The Morgan fingerprint density at radius 1 is 0.837 bits per heavy atom. The van der Waals surface area contributed by atoms with Crippen molar-refractivity contribution in [3.8, 4) is 11.5 Å². The van der Waals surface area contributed by atoms with Crippen LogP contribution in [0.15, 0.2) is 100 Å². The van der Waals surface area contributed by atoms with Crippen molar-refractivity contribution in [3.05, 3.63) is 118 Å². The molecule has 49 heavy (non-hydrogen) atoms. The average molecular weight is 751 g/mol. The number of sulfonamides is 1. The number of carbonyl (C=O) groups excluding carboxylic acids is 2. The summed E-state index contributed by atoms with van der Waals surface area (Å²) in [5.74, 6) is -0.233. The van der Waals surface area contributed by atoms with Crippen LogP contribution in [0.25, 0.3) is 0 Å². The second-order valence-electron chi connectivity index (χ2n) is 11.9. The lowest BCUT2D eigenvalue weighted by Gasteiger charge is -2.34. The molecule has 0 spiro atoms. The zero-order chi connectivity index (χ0) is 35.6. The number of rotatable bonds is 16. The molecule has 260 valence electrons. The minimum Gasteiger partial charge on any atom is -0.493 e. The third-order valence-corrected chi connectivity index (χ3v) is 10.3. The Hall–Kier alpha value is -4.35. The number of anilines is 1. The Morgan fingerprint density at radius 3 is 2.14 bits per heavy atom. The van der Waals surface area contributed by atoms with Gasteiger partial charge in [-0.1, -0.05) is 77.8 Å². The van der Waals surface area contributed by atoms with Crippen LogP contribution in [0.4, 0.5) is 5.69 Å². The van der Waals surface area contributed by atoms with Crippen molar-refractivity contribution < 1.29 is 27.5 Å². The Kier molecular flexibility index (Phi) is 13.3. The molecule has 9 nitrogen and oxygen atoms in total. The summed E-state index contributed by atoms with van der Waals surface area (Å²) in [7, 11) is -1.44. The number of ether oxygens (including phenoxy) is 2. The van der Waals surface area contributed by atoms with Crippen LogP contribution >= 0.6 is 15.9 Å². The lowest BCUT2D eigenvalue weighted by molar-refractivity contribution is -0.140. The second-order valence-corrected chi connectivity index (χ2v) is 14.7. The summed E-state index contributed by atoms with van der Waals surface area (Å²) in [6.45, 7) is 5.76. The maximum atomic E-state index is 14.7. The molecular weight excluding hydrogens is 706 g/mol. The number of nitrogens with one attached hydrogen (secondary N) is 1. The molecule has 1 unspecified atom stereocenters. The fourth-order valence-electron chi connectivity index (χ4n) is 5.62. The van der Waals surface area contributed by atoms with Gasteiger partial charge in [0.15, 0.2) is 11.5 Å². The molecule has 0 aliphatic rings. The molecule has 0 heterocycles. The van der Waals surface area contributed by atoms with Crippen molar-refractivity contribution in [1.29, 1.82) is 0 Å². The van der Waals surface area contributed by atoms with Gasteiger partial charge in [0.2, 0.25) is 11.8 Å². The normalized spacial score (nSPS) is 11.8. The number of carbonyl (C=O) groups is 2. The largest absolute Gasteiger partial charge is 0.493 e. The molecule has 0 saturated carbocycles. The van der Waals surface area contributed by atoms with Crippen LogP contribution in [-0.2, 0) is 32.6 Å². The molecule has 0 saturated heterocycles. The lowest BCUT2D eigenvalue weighted by atomic mass is 10.0. The van der Waals surface area contributed by atoms with E-state index >= 15 is 0 Å². The van der Waals surface area contributed by atoms with Gasteiger partial charge in [-0.15, -0.1) is 0 Å². The smallest absolute Gasteiger partial charge is 0.264 e. The highest BCUT2D eigenvalue weighted by Gasteiger charge is 2.35. The van der Waals surface area contributed by atoms with Gasteiger partial charge in [0.25, 0.3) is 10.0 Å². The number of benzene rings is 4. The first-order valence-electron chi connectivity index (χ1n) is 16.2. The van der Waals surface area contributed by atoms with Gasteiger partial charge < -0.3 is 19.7 Å². The second kappa shape index (κ2) is 17.3. The van der Waals surface area contributed by atoms with Crippen LogP contribution in [0, 0.1) is 13.8 Å². The summed E-state index contributed by atoms with van der Waals surface area (Å²) < 4.78 is 41.7. The van der Waals surface area contributed by atoms with E-state index in [-0.39, 0.29) is 29.5 Å². The van der Waals surface area contributed by atoms with Crippen LogP contribution in [0.2, 0.25) is 0 Å². The Balaban J connectivity index is 1.84. The van der Waals surface area contributed by atoms with Crippen molar-refractivity contribution in [3.63, 3.8) is 0 Å². The first-order chi connectivity index (χ1) is 23.5. The molecule has 0 aromatic heterocycles. The Morgan fingerprint density at radius 2 is 1.51 bits per heavy atom. The monoisotopic (exact) mass is 749 g/mol.